The maximum atomic E-state index is 11.7. The number of anilines is 2. The number of urea groups is 1. The van der Waals surface area contributed by atoms with Crippen molar-refractivity contribution in [3.05, 3.63) is 52.9 Å². The maximum absolute atomic E-state index is 11.7. The number of aryl methyl sites for hydroxylation is 1. The van der Waals surface area contributed by atoms with Crippen LogP contribution in [-0.2, 0) is 7.05 Å². The number of nitrogens with one attached hydrogen (secondary N) is 2. The van der Waals surface area contributed by atoms with Crippen LogP contribution in [0.1, 0.15) is 0 Å². The number of nitrogens with zero attached hydrogens (tertiary/aromatic N) is 1. The predicted octanol–water partition coefficient (Wildman–Crippen LogP) is 1.73. The highest BCUT2D eigenvalue weighted by atomic mass is 16.3. The van der Waals surface area contributed by atoms with E-state index in [4.69, 9.17) is 5.11 Å². The Morgan fingerprint density at radius 3 is 2.53 bits per heavy atom. The number of hydrogen-bond acceptors (Lipinski definition) is 3. The van der Waals surface area contributed by atoms with E-state index >= 15 is 0 Å². The van der Waals surface area contributed by atoms with Crippen molar-refractivity contribution in [2.45, 2.75) is 0 Å². The summed E-state index contributed by atoms with van der Waals surface area (Å²) in [6.07, 6.45) is 1.60. The molecule has 0 spiro atoms. The first-order valence-corrected chi connectivity index (χ1v) is 5.59. The number of aromatic nitrogens is 1. The second kappa shape index (κ2) is 5.26. The molecule has 0 radical (unpaired) electrons. The van der Waals surface area contributed by atoms with Gasteiger partial charge in [0.25, 0.3) is 5.56 Å². The number of carbonyl (C=O) groups excluding carboxylic acids is 1. The fraction of sp³-hybridized carbons (Fsp3) is 0.0769. The van der Waals surface area contributed by atoms with Gasteiger partial charge in [0.2, 0.25) is 0 Å². The Bertz CT molecular complexity index is 647. The van der Waals surface area contributed by atoms with Gasteiger partial charge in [-0.1, -0.05) is 0 Å². The van der Waals surface area contributed by atoms with Crippen LogP contribution in [0.3, 0.4) is 0 Å². The molecule has 2 amide bonds. The maximum Gasteiger partial charge on any atom is 0.323 e. The molecule has 0 saturated carbocycles. The van der Waals surface area contributed by atoms with Crippen LogP contribution in [0, 0.1) is 0 Å². The lowest BCUT2D eigenvalue weighted by Crippen LogP contribution is -2.26. The normalized spacial score (nSPS) is 9.95. The summed E-state index contributed by atoms with van der Waals surface area (Å²) >= 11 is 0. The molecule has 0 atom stereocenters. The van der Waals surface area contributed by atoms with Gasteiger partial charge in [0.15, 0.2) is 0 Å². The molecule has 19 heavy (non-hydrogen) atoms. The van der Waals surface area contributed by atoms with E-state index in [0.29, 0.717) is 5.69 Å². The van der Waals surface area contributed by atoms with Crippen molar-refractivity contribution < 1.29 is 9.90 Å². The van der Waals surface area contributed by atoms with Crippen LogP contribution in [0.25, 0.3) is 0 Å². The van der Waals surface area contributed by atoms with E-state index < -0.39 is 6.03 Å². The summed E-state index contributed by atoms with van der Waals surface area (Å²) in [5.74, 6) is 0.114. The van der Waals surface area contributed by atoms with Gasteiger partial charge in [-0.15, -0.1) is 0 Å². The van der Waals surface area contributed by atoms with Gasteiger partial charge in [-0.25, -0.2) is 4.79 Å². The monoisotopic (exact) mass is 259 g/mol. The van der Waals surface area contributed by atoms with Crippen molar-refractivity contribution in [3.63, 3.8) is 0 Å². The van der Waals surface area contributed by atoms with E-state index in [9.17, 15) is 9.59 Å². The summed E-state index contributed by atoms with van der Waals surface area (Å²) < 4.78 is 1.37. The second-order valence-electron chi connectivity index (χ2n) is 3.96. The lowest BCUT2D eigenvalue weighted by molar-refractivity contribution is 0.262. The molecule has 6 nitrogen and oxygen atoms in total. The third kappa shape index (κ3) is 3.12. The number of hydrogen-bond donors (Lipinski definition) is 3. The Morgan fingerprint density at radius 1 is 1.16 bits per heavy atom. The molecule has 2 rings (SSSR count). The summed E-state index contributed by atoms with van der Waals surface area (Å²) in [6, 6.07) is 8.69. The molecule has 1 heterocycles. The third-order valence-electron chi connectivity index (χ3n) is 2.50. The fourth-order valence-electron chi connectivity index (χ4n) is 1.52. The van der Waals surface area contributed by atoms with Gasteiger partial charge in [0.05, 0.1) is 0 Å². The number of aromatic hydroxyl groups is 1. The zero-order valence-corrected chi connectivity index (χ0v) is 10.3. The Kier molecular flexibility index (Phi) is 3.51. The molecule has 2 aromatic rings. The molecular weight excluding hydrogens is 246 g/mol. The zero-order chi connectivity index (χ0) is 13.8. The summed E-state index contributed by atoms with van der Waals surface area (Å²) in [6.45, 7) is 0. The number of rotatable bonds is 2. The molecule has 0 aliphatic heterocycles. The van der Waals surface area contributed by atoms with E-state index in [2.05, 4.69) is 10.6 Å². The number of benzene rings is 1. The first-order valence-electron chi connectivity index (χ1n) is 5.59. The first kappa shape index (κ1) is 12.7. The number of amides is 2. The van der Waals surface area contributed by atoms with E-state index in [1.165, 1.54) is 22.8 Å². The smallest absolute Gasteiger partial charge is 0.323 e. The van der Waals surface area contributed by atoms with E-state index in [0.717, 1.165) is 0 Å². The lowest BCUT2D eigenvalue weighted by atomic mass is 10.3. The molecule has 3 N–H and O–H groups in total. The second-order valence-corrected chi connectivity index (χ2v) is 3.96. The van der Waals surface area contributed by atoms with Gasteiger partial charge >= 0.3 is 6.03 Å². The van der Waals surface area contributed by atoms with Crippen molar-refractivity contribution in [1.82, 2.24) is 4.57 Å². The lowest BCUT2D eigenvalue weighted by Gasteiger charge is -2.08. The van der Waals surface area contributed by atoms with Crippen LogP contribution >= 0.6 is 0 Å². The molecule has 0 unspecified atom stereocenters. The minimum absolute atomic E-state index is 0.114. The minimum Gasteiger partial charge on any atom is -0.508 e. The SMILES string of the molecule is Cn1cccc(NC(=O)Nc2ccc(O)cc2)c1=O. The predicted molar refractivity (Wildman–Crippen MR) is 72.4 cm³/mol. The Labute approximate surface area is 109 Å². The van der Waals surface area contributed by atoms with E-state index in [1.54, 1.807) is 31.4 Å². The molecule has 0 bridgehead atoms. The fourth-order valence-corrected chi connectivity index (χ4v) is 1.52. The molecule has 0 aliphatic rings. The largest absolute Gasteiger partial charge is 0.508 e. The molecular formula is C13H13N3O3. The molecule has 98 valence electrons. The van der Waals surface area contributed by atoms with Gasteiger partial charge in [0.1, 0.15) is 11.4 Å². The Hall–Kier alpha value is -2.76. The highest BCUT2D eigenvalue weighted by Crippen LogP contribution is 2.13. The van der Waals surface area contributed by atoms with Crippen LogP contribution in [-0.4, -0.2) is 15.7 Å². The topological polar surface area (TPSA) is 83.4 Å². The van der Waals surface area contributed by atoms with Crippen molar-refractivity contribution in [2.24, 2.45) is 7.05 Å². The molecule has 0 fully saturated rings. The van der Waals surface area contributed by atoms with E-state index in [1.807, 2.05) is 0 Å². The van der Waals surface area contributed by atoms with Gasteiger partial charge in [-0.3, -0.25) is 4.79 Å². The molecule has 1 aromatic heterocycles. The quantitative estimate of drug-likeness (QED) is 0.718. The van der Waals surface area contributed by atoms with Crippen molar-refractivity contribution in [1.29, 1.82) is 0 Å². The van der Waals surface area contributed by atoms with Gasteiger partial charge in [0, 0.05) is 18.9 Å². The summed E-state index contributed by atoms with van der Waals surface area (Å²) in [5.41, 5.74) is 0.424. The van der Waals surface area contributed by atoms with Crippen molar-refractivity contribution >= 4 is 17.4 Å². The molecule has 6 heteroatoms. The van der Waals surface area contributed by atoms with Crippen LogP contribution in [0.15, 0.2) is 47.4 Å². The first-order chi connectivity index (χ1) is 9.06. The van der Waals surface area contributed by atoms with Crippen LogP contribution in [0.2, 0.25) is 0 Å². The van der Waals surface area contributed by atoms with Crippen LogP contribution in [0.5, 0.6) is 5.75 Å². The number of carbonyl (C=O) groups is 1. The molecule has 0 aliphatic carbocycles. The van der Waals surface area contributed by atoms with E-state index in [-0.39, 0.29) is 17.0 Å². The standard InChI is InChI=1S/C13H13N3O3/c1-16-8-2-3-11(12(16)18)15-13(19)14-9-4-6-10(17)7-5-9/h2-8,17H,1H3,(H2,14,15,19). The summed E-state index contributed by atoms with van der Waals surface area (Å²) in [4.78, 5) is 23.4. The molecule has 1 aromatic carbocycles. The molecule has 0 saturated heterocycles. The Balaban J connectivity index is 2.07. The van der Waals surface area contributed by atoms with Gasteiger partial charge < -0.3 is 20.3 Å². The Morgan fingerprint density at radius 2 is 1.84 bits per heavy atom. The number of phenolic OH excluding ortho intramolecular Hbond substituents is 1. The summed E-state index contributed by atoms with van der Waals surface area (Å²) in [5, 5.41) is 14.1. The average Bonchev–Trinajstić information content (AvgIpc) is 2.38. The highest BCUT2D eigenvalue weighted by molar-refractivity contribution is 5.99. The number of pyridine rings is 1. The van der Waals surface area contributed by atoms with Crippen molar-refractivity contribution in [2.75, 3.05) is 10.6 Å². The zero-order valence-electron chi connectivity index (χ0n) is 10.3. The average molecular weight is 259 g/mol. The van der Waals surface area contributed by atoms with Gasteiger partial charge in [-0.05, 0) is 36.4 Å². The van der Waals surface area contributed by atoms with Crippen LogP contribution in [0.4, 0.5) is 16.2 Å². The highest BCUT2D eigenvalue weighted by Gasteiger charge is 2.06. The van der Waals surface area contributed by atoms with Crippen molar-refractivity contribution in [3.8, 4) is 5.75 Å². The summed E-state index contributed by atoms with van der Waals surface area (Å²) in [7, 11) is 1.60. The van der Waals surface area contributed by atoms with Crippen LogP contribution < -0.4 is 16.2 Å². The van der Waals surface area contributed by atoms with Gasteiger partial charge in [-0.2, -0.15) is 0 Å². The minimum atomic E-state index is -0.519. The number of phenols is 1. The third-order valence-corrected chi connectivity index (χ3v) is 2.50.